The Balaban J connectivity index is 2.75. The van der Waals surface area contributed by atoms with Crippen LogP contribution in [0.3, 0.4) is 0 Å². The maximum Gasteiger partial charge on any atom is 0.430 e. The van der Waals surface area contributed by atoms with E-state index in [4.69, 9.17) is 11.6 Å². The Morgan fingerprint density at radius 2 is 1.64 bits per heavy atom. The standard InChI is InChI=1S/C20H16ClF8NO3/c1-4-10-15(14(22)8-12(16(10)23)17(31)30(2)33-3)11-6-5-9(7-13(11)21)18(32,19(24,25)26)20(27,28)29/h5-8,32H,4H2,1-3H3. The third-order valence-corrected chi connectivity index (χ3v) is 5.25. The van der Waals surface area contributed by atoms with Crippen molar-refractivity contribution >= 4 is 17.5 Å². The minimum atomic E-state index is -6.16. The van der Waals surface area contributed by atoms with Gasteiger partial charge in [0.1, 0.15) is 11.6 Å². The van der Waals surface area contributed by atoms with E-state index in [1.807, 2.05) is 0 Å². The molecule has 0 heterocycles. The van der Waals surface area contributed by atoms with Crippen LogP contribution in [-0.4, -0.2) is 42.6 Å². The normalized spacial score (nSPS) is 12.8. The summed E-state index contributed by atoms with van der Waals surface area (Å²) >= 11 is 5.87. The molecule has 33 heavy (non-hydrogen) atoms. The van der Waals surface area contributed by atoms with Gasteiger partial charge in [-0.25, -0.2) is 13.8 Å². The highest BCUT2D eigenvalue weighted by Crippen LogP contribution is 2.51. The maximum atomic E-state index is 15.0. The predicted octanol–water partition coefficient (Wildman–Crippen LogP) is 5.79. The molecule has 0 saturated carbocycles. The molecule has 182 valence electrons. The highest BCUT2D eigenvalue weighted by molar-refractivity contribution is 6.33. The van der Waals surface area contributed by atoms with Gasteiger partial charge < -0.3 is 5.11 Å². The Hall–Kier alpha value is -2.44. The molecule has 0 aliphatic rings. The lowest BCUT2D eigenvalue weighted by atomic mass is 9.89. The minimum Gasteiger partial charge on any atom is -0.369 e. The third-order valence-electron chi connectivity index (χ3n) is 4.93. The van der Waals surface area contributed by atoms with Gasteiger partial charge >= 0.3 is 12.4 Å². The number of hydrogen-bond acceptors (Lipinski definition) is 3. The highest BCUT2D eigenvalue weighted by Gasteiger charge is 2.71. The zero-order chi connectivity index (χ0) is 25.5. The van der Waals surface area contributed by atoms with Gasteiger partial charge in [-0.2, -0.15) is 26.3 Å². The van der Waals surface area contributed by atoms with E-state index in [0.29, 0.717) is 17.2 Å². The maximum absolute atomic E-state index is 15.0. The van der Waals surface area contributed by atoms with E-state index in [1.165, 1.54) is 6.92 Å². The second-order valence-corrected chi connectivity index (χ2v) is 7.22. The summed E-state index contributed by atoms with van der Waals surface area (Å²) in [6.45, 7) is 1.38. The van der Waals surface area contributed by atoms with Crippen LogP contribution in [0.1, 0.15) is 28.4 Å². The van der Waals surface area contributed by atoms with Crippen molar-refractivity contribution in [2.75, 3.05) is 14.2 Å². The Morgan fingerprint density at radius 1 is 1.09 bits per heavy atom. The van der Waals surface area contributed by atoms with E-state index in [9.17, 15) is 40.6 Å². The molecular formula is C20H16ClF8NO3. The topological polar surface area (TPSA) is 49.8 Å². The molecule has 13 heteroatoms. The van der Waals surface area contributed by atoms with Crippen molar-refractivity contribution in [1.82, 2.24) is 5.06 Å². The zero-order valence-corrected chi connectivity index (χ0v) is 17.9. The molecule has 2 rings (SSSR count). The SMILES string of the molecule is CCc1c(F)c(C(=O)N(C)OC)cc(F)c1-c1ccc(C(O)(C(F)(F)F)C(F)(F)F)cc1Cl. The molecular weight excluding hydrogens is 490 g/mol. The van der Waals surface area contributed by atoms with E-state index in [0.717, 1.165) is 14.2 Å². The molecule has 0 bridgehead atoms. The minimum absolute atomic E-state index is 0.173. The summed E-state index contributed by atoms with van der Waals surface area (Å²) < 4.78 is 109. The van der Waals surface area contributed by atoms with Crippen molar-refractivity contribution in [3.63, 3.8) is 0 Å². The molecule has 2 aromatic carbocycles. The van der Waals surface area contributed by atoms with Gasteiger partial charge in [0, 0.05) is 28.8 Å². The average molecular weight is 506 g/mol. The van der Waals surface area contributed by atoms with Gasteiger partial charge in [0.15, 0.2) is 0 Å². The van der Waals surface area contributed by atoms with Gasteiger partial charge in [-0.3, -0.25) is 9.63 Å². The molecule has 0 atom stereocenters. The number of alkyl halides is 6. The molecule has 0 fully saturated rings. The first-order valence-corrected chi connectivity index (χ1v) is 9.39. The summed E-state index contributed by atoms with van der Waals surface area (Å²) in [7, 11) is 2.24. The highest BCUT2D eigenvalue weighted by atomic mass is 35.5. The van der Waals surface area contributed by atoms with Gasteiger partial charge in [-0.1, -0.05) is 30.7 Å². The van der Waals surface area contributed by atoms with E-state index < -0.39 is 68.3 Å². The van der Waals surface area contributed by atoms with Gasteiger partial charge in [-0.05, 0) is 24.1 Å². The summed E-state index contributed by atoms with van der Waals surface area (Å²) in [5.41, 5.74) is -9.04. The number of carbonyl (C=O) groups excluding carboxylic acids is 1. The lowest BCUT2D eigenvalue weighted by Crippen LogP contribution is -2.53. The Bertz CT molecular complexity index is 1050. The molecule has 0 radical (unpaired) electrons. The number of hydrogen-bond donors (Lipinski definition) is 1. The number of rotatable bonds is 5. The van der Waals surface area contributed by atoms with Gasteiger partial charge in [0.25, 0.3) is 11.5 Å². The van der Waals surface area contributed by atoms with Crippen molar-refractivity contribution in [3.05, 3.63) is 57.6 Å². The Morgan fingerprint density at radius 3 is 2.06 bits per heavy atom. The molecule has 1 N–H and O–H groups in total. The number of halogens is 9. The van der Waals surface area contributed by atoms with Crippen molar-refractivity contribution in [1.29, 1.82) is 0 Å². The molecule has 0 spiro atoms. The van der Waals surface area contributed by atoms with E-state index in [2.05, 4.69) is 4.84 Å². The Kier molecular flexibility index (Phi) is 7.37. The van der Waals surface area contributed by atoms with Crippen LogP contribution in [0.5, 0.6) is 0 Å². The molecule has 0 aliphatic carbocycles. The fourth-order valence-electron chi connectivity index (χ4n) is 3.14. The van der Waals surface area contributed by atoms with Gasteiger partial charge in [-0.15, -0.1) is 0 Å². The van der Waals surface area contributed by atoms with Gasteiger partial charge in [0.2, 0.25) is 0 Å². The van der Waals surface area contributed by atoms with Crippen LogP contribution < -0.4 is 0 Å². The fraction of sp³-hybridized carbons (Fsp3) is 0.350. The smallest absolute Gasteiger partial charge is 0.369 e. The van der Waals surface area contributed by atoms with Crippen molar-refractivity contribution in [3.8, 4) is 11.1 Å². The van der Waals surface area contributed by atoms with Crippen molar-refractivity contribution < 1.29 is 49.9 Å². The first-order chi connectivity index (χ1) is 15.0. The lowest BCUT2D eigenvalue weighted by molar-refractivity contribution is -0.376. The third kappa shape index (κ3) is 4.51. The summed E-state index contributed by atoms with van der Waals surface area (Å²) in [6.07, 6.45) is -12.5. The average Bonchev–Trinajstić information content (AvgIpc) is 2.71. The number of benzene rings is 2. The van der Waals surface area contributed by atoms with Crippen LogP contribution in [-0.2, 0) is 16.9 Å². The quantitative estimate of drug-likeness (QED) is 0.413. The zero-order valence-electron chi connectivity index (χ0n) is 17.1. The molecule has 1 amide bonds. The second kappa shape index (κ2) is 9.07. The number of carbonyl (C=O) groups is 1. The first kappa shape index (κ1) is 26.8. The largest absolute Gasteiger partial charge is 0.430 e. The van der Waals surface area contributed by atoms with Crippen molar-refractivity contribution in [2.24, 2.45) is 0 Å². The molecule has 0 aromatic heterocycles. The lowest BCUT2D eigenvalue weighted by Gasteiger charge is -2.33. The van der Waals surface area contributed by atoms with Crippen molar-refractivity contribution in [2.45, 2.75) is 31.3 Å². The first-order valence-electron chi connectivity index (χ1n) is 9.02. The predicted molar refractivity (Wildman–Crippen MR) is 101 cm³/mol. The fourth-order valence-corrected chi connectivity index (χ4v) is 3.42. The number of hydroxylamine groups is 2. The summed E-state index contributed by atoms with van der Waals surface area (Å²) in [6, 6.07) is 1.54. The molecule has 0 saturated heterocycles. The number of amides is 1. The molecule has 0 unspecified atom stereocenters. The van der Waals surface area contributed by atoms with E-state index >= 15 is 4.39 Å². The summed E-state index contributed by atoms with van der Waals surface area (Å²) in [5.74, 6) is -3.43. The second-order valence-electron chi connectivity index (χ2n) is 6.81. The number of aliphatic hydroxyl groups is 1. The molecule has 2 aromatic rings. The van der Waals surface area contributed by atoms with Crippen LogP contribution >= 0.6 is 11.6 Å². The van der Waals surface area contributed by atoms with Crippen LogP contribution in [0.25, 0.3) is 11.1 Å². The number of nitrogens with zero attached hydrogens (tertiary/aromatic N) is 1. The van der Waals surface area contributed by atoms with Crippen LogP contribution in [0, 0.1) is 11.6 Å². The monoisotopic (exact) mass is 505 g/mol. The van der Waals surface area contributed by atoms with Crippen LogP contribution in [0.15, 0.2) is 24.3 Å². The molecule has 0 aliphatic heterocycles. The van der Waals surface area contributed by atoms with E-state index in [1.54, 1.807) is 0 Å². The summed E-state index contributed by atoms with van der Waals surface area (Å²) in [5, 5.41) is 9.32. The van der Waals surface area contributed by atoms with Crippen LogP contribution in [0.2, 0.25) is 5.02 Å². The van der Waals surface area contributed by atoms with E-state index in [-0.39, 0.29) is 18.6 Å². The Labute approximate surface area is 187 Å². The van der Waals surface area contributed by atoms with Gasteiger partial charge in [0.05, 0.1) is 12.7 Å². The molecule has 4 nitrogen and oxygen atoms in total. The van der Waals surface area contributed by atoms with Crippen LogP contribution in [0.4, 0.5) is 35.1 Å². The summed E-state index contributed by atoms with van der Waals surface area (Å²) in [4.78, 5) is 16.8.